The molecular formula is C12H11N3O4S. The first-order valence-electron chi connectivity index (χ1n) is 5.59. The predicted octanol–water partition coefficient (Wildman–Crippen LogP) is 0.442. The largest absolute Gasteiger partial charge is 0.497 e. The van der Waals surface area contributed by atoms with E-state index in [-0.39, 0.29) is 16.6 Å². The number of nitrogens with zero attached hydrogens (tertiary/aromatic N) is 1. The van der Waals surface area contributed by atoms with E-state index in [2.05, 4.69) is 10.2 Å². The van der Waals surface area contributed by atoms with Gasteiger partial charge in [0.05, 0.1) is 12.9 Å². The molecule has 1 heterocycles. The molecule has 0 bridgehead atoms. The summed E-state index contributed by atoms with van der Waals surface area (Å²) in [5.41, 5.74) is -0.812. The van der Waals surface area contributed by atoms with Gasteiger partial charge in [-0.3, -0.25) is 14.6 Å². The Kier molecular flexibility index (Phi) is 4.36. The highest BCUT2D eigenvalue weighted by Gasteiger charge is 2.10. The number of carbonyl (C=O) groups is 1. The first-order valence-corrected chi connectivity index (χ1v) is 6.58. The number of hydrogen-bond acceptors (Lipinski definition) is 6. The van der Waals surface area contributed by atoms with E-state index in [9.17, 15) is 14.4 Å². The summed E-state index contributed by atoms with van der Waals surface area (Å²) in [5.74, 6) is 0.456. The second kappa shape index (κ2) is 6.20. The minimum absolute atomic E-state index is 0.0370. The fourth-order valence-corrected chi connectivity index (χ4v) is 2.18. The number of carbonyl (C=O) groups excluding carboxylic acids is 1. The van der Waals surface area contributed by atoms with Gasteiger partial charge >= 0.3 is 5.69 Å². The van der Waals surface area contributed by atoms with Gasteiger partial charge in [0, 0.05) is 5.56 Å². The standard InChI is InChI=1S/C12H11N3O4S/c1-19-8-4-2-3-7(5-8)9(16)6-20-11-10(17)13-12(18)15-14-11/h2-5H,6H2,1H3,(H2,13,15,17,18). The average molecular weight is 293 g/mol. The van der Waals surface area contributed by atoms with Gasteiger partial charge in [0.15, 0.2) is 10.8 Å². The summed E-state index contributed by atoms with van der Waals surface area (Å²) < 4.78 is 5.03. The second-order valence-electron chi connectivity index (χ2n) is 3.76. The minimum atomic E-state index is -0.682. The van der Waals surface area contributed by atoms with Crippen LogP contribution in [0.25, 0.3) is 0 Å². The van der Waals surface area contributed by atoms with Gasteiger partial charge in [-0.25, -0.2) is 9.89 Å². The van der Waals surface area contributed by atoms with Crippen LogP contribution in [-0.2, 0) is 0 Å². The molecule has 20 heavy (non-hydrogen) atoms. The van der Waals surface area contributed by atoms with Crippen LogP contribution < -0.4 is 16.0 Å². The van der Waals surface area contributed by atoms with Crippen molar-refractivity contribution in [2.75, 3.05) is 12.9 Å². The van der Waals surface area contributed by atoms with E-state index in [1.807, 2.05) is 4.98 Å². The molecule has 0 aliphatic rings. The van der Waals surface area contributed by atoms with Gasteiger partial charge in [-0.05, 0) is 12.1 Å². The van der Waals surface area contributed by atoms with Gasteiger partial charge in [-0.15, -0.1) is 0 Å². The van der Waals surface area contributed by atoms with Crippen LogP contribution in [0.2, 0.25) is 0 Å². The summed E-state index contributed by atoms with van der Waals surface area (Å²) in [6, 6.07) is 6.73. The molecule has 7 nitrogen and oxygen atoms in total. The van der Waals surface area contributed by atoms with E-state index in [1.165, 1.54) is 7.11 Å². The molecule has 1 aromatic carbocycles. The van der Waals surface area contributed by atoms with Crippen LogP contribution in [0, 0.1) is 0 Å². The van der Waals surface area contributed by atoms with Crippen molar-refractivity contribution in [1.82, 2.24) is 15.2 Å². The van der Waals surface area contributed by atoms with E-state index in [0.717, 1.165) is 11.8 Å². The van der Waals surface area contributed by atoms with Crippen LogP contribution >= 0.6 is 11.8 Å². The Balaban J connectivity index is 2.08. The molecule has 0 unspecified atom stereocenters. The van der Waals surface area contributed by atoms with Gasteiger partial charge in [0.25, 0.3) is 5.56 Å². The zero-order valence-electron chi connectivity index (χ0n) is 10.5. The van der Waals surface area contributed by atoms with E-state index in [1.54, 1.807) is 24.3 Å². The number of aromatic amines is 2. The van der Waals surface area contributed by atoms with Crippen LogP contribution in [0.3, 0.4) is 0 Å². The Bertz CT molecular complexity index is 738. The monoisotopic (exact) mass is 293 g/mol. The number of aromatic nitrogens is 3. The van der Waals surface area contributed by atoms with E-state index in [4.69, 9.17) is 4.74 Å². The van der Waals surface area contributed by atoms with Gasteiger partial charge in [0.1, 0.15) is 5.75 Å². The second-order valence-corrected chi connectivity index (χ2v) is 4.72. The maximum Gasteiger partial charge on any atom is 0.342 e. The van der Waals surface area contributed by atoms with Crippen molar-refractivity contribution in [3.05, 3.63) is 50.7 Å². The van der Waals surface area contributed by atoms with Crippen molar-refractivity contribution in [2.45, 2.75) is 5.03 Å². The molecule has 1 aromatic heterocycles. The van der Waals surface area contributed by atoms with Crippen LogP contribution in [-0.4, -0.2) is 33.8 Å². The molecule has 2 rings (SSSR count). The fourth-order valence-electron chi connectivity index (χ4n) is 1.45. The molecular weight excluding hydrogens is 282 g/mol. The third-order valence-corrected chi connectivity index (χ3v) is 3.37. The van der Waals surface area contributed by atoms with Crippen LogP contribution in [0.1, 0.15) is 10.4 Å². The van der Waals surface area contributed by atoms with Crippen molar-refractivity contribution < 1.29 is 9.53 Å². The van der Waals surface area contributed by atoms with Crippen LogP contribution in [0.15, 0.2) is 38.9 Å². The first kappa shape index (κ1) is 14.1. The maximum atomic E-state index is 12.0. The highest BCUT2D eigenvalue weighted by molar-refractivity contribution is 7.99. The lowest BCUT2D eigenvalue weighted by Gasteiger charge is -2.03. The molecule has 0 fully saturated rings. The number of thioether (sulfide) groups is 1. The molecule has 0 spiro atoms. The van der Waals surface area contributed by atoms with Crippen molar-refractivity contribution in [3.8, 4) is 5.75 Å². The number of methoxy groups -OCH3 is 1. The summed E-state index contributed by atoms with van der Waals surface area (Å²) in [5, 5.41) is 5.73. The van der Waals surface area contributed by atoms with Gasteiger partial charge in [-0.2, -0.15) is 5.10 Å². The molecule has 2 N–H and O–H groups in total. The molecule has 0 amide bonds. The molecule has 0 aliphatic carbocycles. The molecule has 0 radical (unpaired) electrons. The Labute approximate surface area is 117 Å². The van der Waals surface area contributed by atoms with Crippen molar-refractivity contribution in [3.63, 3.8) is 0 Å². The summed E-state index contributed by atoms with van der Waals surface area (Å²) >= 11 is 0.957. The lowest BCUT2D eigenvalue weighted by atomic mass is 10.1. The SMILES string of the molecule is COc1cccc(C(=O)CSc2n[nH]c(=O)[nH]c2=O)c1. The van der Waals surface area contributed by atoms with E-state index in [0.29, 0.717) is 11.3 Å². The molecule has 8 heteroatoms. The normalized spacial score (nSPS) is 10.2. The van der Waals surface area contributed by atoms with Gasteiger partial charge in [-0.1, -0.05) is 23.9 Å². The Hall–Kier alpha value is -2.35. The van der Waals surface area contributed by atoms with E-state index < -0.39 is 11.2 Å². The van der Waals surface area contributed by atoms with Crippen LogP contribution in [0.4, 0.5) is 0 Å². The third-order valence-electron chi connectivity index (χ3n) is 2.41. The third kappa shape index (κ3) is 3.35. The quantitative estimate of drug-likeness (QED) is 0.612. The maximum absolute atomic E-state index is 12.0. The molecule has 0 saturated heterocycles. The Morgan fingerprint density at radius 1 is 1.40 bits per heavy atom. The Morgan fingerprint density at radius 3 is 2.90 bits per heavy atom. The smallest absolute Gasteiger partial charge is 0.342 e. The predicted molar refractivity (Wildman–Crippen MR) is 73.5 cm³/mol. The molecule has 0 aliphatic heterocycles. The highest BCUT2D eigenvalue weighted by atomic mass is 32.2. The lowest BCUT2D eigenvalue weighted by molar-refractivity contribution is 0.102. The Morgan fingerprint density at radius 2 is 2.20 bits per heavy atom. The number of ketones is 1. The zero-order chi connectivity index (χ0) is 14.5. The fraction of sp³-hybridized carbons (Fsp3) is 0.167. The van der Waals surface area contributed by atoms with Crippen molar-refractivity contribution in [1.29, 1.82) is 0 Å². The van der Waals surface area contributed by atoms with Crippen molar-refractivity contribution >= 4 is 17.5 Å². The number of ether oxygens (including phenoxy) is 1. The molecule has 0 atom stereocenters. The summed E-state index contributed by atoms with van der Waals surface area (Å²) in [6.45, 7) is 0. The summed E-state index contributed by atoms with van der Waals surface area (Å²) in [4.78, 5) is 36.2. The van der Waals surface area contributed by atoms with Crippen LogP contribution in [0.5, 0.6) is 5.75 Å². The number of rotatable bonds is 5. The average Bonchev–Trinajstić information content (AvgIpc) is 2.46. The number of nitrogens with one attached hydrogen (secondary N) is 2. The van der Waals surface area contributed by atoms with Gasteiger partial charge < -0.3 is 4.74 Å². The summed E-state index contributed by atoms with van der Waals surface area (Å²) in [6.07, 6.45) is 0. The number of H-pyrrole nitrogens is 2. The van der Waals surface area contributed by atoms with Gasteiger partial charge in [0.2, 0.25) is 0 Å². The zero-order valence-corrected chi connectivity index (χ0v) is 11.3. The van der Waals surface area contributed by atoms with E-state index >= 15 is 0 Å². The molecule has 2 aromatic rings. The first-order chi connectivity index (χ1) is 9.60. The number of hydrogen-bond donors (Lipinski definition) is 2. The number of Topliss-reactive ketones (excluding diaryl/α,β-unsaturated/α-hetero) is 1. The topological polar surface area (TPSA) is 105 Å². The van der Waals surface area contributed by atoms with Crippen molar-refractivity contribution in [2.24, 2.45) is 0 Å². The molecule has 104 valence electrons. The minimum Gasteiger partial charge on any atom is -0.497 e. The number of benzene rings is 1. The molecule has 0 saturated carbocycles. The lowest BCUT2D eigenvalue weighted by Crippen LogP contribution is -2.25. The highest BCUT2D eigenvalue weighted by Crippen LogP contribution is 2.16. The summed E-state index contributed by atoms with van der Waals surface area (Å²) in [7, 11) is 1.52.